The van der Waals surface area contributed by atoms with Crippen molar-refractivity contribution in [2.75, 3.05) is 0 Å². The van der Waals surface area contributed by atoms with E-state index in [1.54, 1.807) is 11.1 Å². The van der Waals surface area contributed by atoms with Crippen molar-refractivity contribution >= 4 is 0 Å². The lowest BCUT2D eigenvalue weighted by Gasteiger charge is -2.42. The van der Waals surface area contributed by atoms with Gasteiger partial charge in [-0.3, -0.25) is 0 Å². The number of aliphatic hydroxyl groups excluding tert-OH is 1. The van der Waals surface area contributed by atoms with Gasteiger partial charge in [0.05, 0.1) is 6.10 Å². The highest BCUT2D eigenvalue weighted by Gasteiger charge is 2.45. The van der Waals surface area contributed by atoms with Crippen molar-refractivity contribution in [2.24, 2.45) is 29.1 Å². The molecular formula is C27H44O. The predicted molar refractivity (Wildman–Crippen MR) is 121 cm³/mol. The first-order valence-electron chi connectivity index (χ1n) is 12.1. The van der Waals surface area contributed by atoms with E-state index in [4.69, 9.17) is 0 Å². The van der Waals surface area contributed by atoms with Crippen LogP contribution in [0.1, 0.15) is 98.8 Å². The second-order valence-electron chi connectivity index (χ2n) is 10.7. The molecule has 1 N–H and O–H groups in total. The van der Waals surface area contributed by atoms with Gasteiger partial charge in [-0.2, -0.15) is 0 Å². The molecule has 0 saturated heterocycles. The highest BCUT2D eigenvalue weighted by Crippen LogP contribution is 2.56. The van der Waals surface area contributed by atoms with Crippen molar-refractivity contribution in [3.63, 3.8) is 0 Å². The fourth-order valence-corrected chi connectivity index (χ4v) is 6.37. The Morgan fingerprint density at radius 3 is 2.64 bits per heavy atom. The van der Waals surface area contributed by atoms with Crippen molar-refractivity contribution in [1.29, 1.82) is 0 Å². The minimum atomic E-state index is -0.221. The van der Waals surface area contributed by atoms with Crippen LogP contribution >= 0.6 is 0 Å². The molecule has 5 atom stereocenters. The van der Waals surface area contributed by atoms with E-state index in [1.165, 1.54) is 56.9 Å². The Morgan fingerprint density at radius 2 is 1.93 bits per heavy atom. The fraction of sp³-hybridized carbons (Fsp3) is 0.778. The molecule has 0 amide bonds. The molecule has 0 aromatic rings. The van der Waals surface area contributed by atoms with Crippen LogP contribution in [-0.2, 0) is 0 Å². The number of rotatable bonds is 6. The molecule has 28 heavy (non-hydrogen) atoms. The molecule has 0 bridgehead atoms. The van der Waals surface area contributed by atoms with E-state index in [9.17, 15) is 5.11 Å². The summed E-state index contributed by atoms with van der Waals surface area (Å²) in [5.74, 6) is 2.98. The summed E-state index contributed by atoms with van der Waals surface area (Å²) in [7, 11) is 0. The van der Waals surface area contributed by atoms with Gasteiger partial charge >= 0.3 is 0 Å². The predicted octanol–water partition coefficient (Wildman–Crippen LogP) is 7.62. The van der Waals surface area contributed by atoms with E-state index in [1.807, 2.05) is 0 Å². The van der Waals surface area contributed by atoms with Gasteiger partial charge in [-0.15, -0.1) is 0 Å². The van der Waals surface area contributed by atoms with Crippen LogP contribution < -0.4 is 0 Å². The van der Waals surface area contributed by atoms with Crippen molar-refractivity contribution < 1.29 is 5.11 Å². The fourth-order valence-electron chi connectivity index (χ4n) is 6.37. The first kappa shape index (κ1) is 21.9. The molecule has 1 heteroatoms. The van der Waals surface area contributed by atoms with E-state index in [-0.39, 0.29) is 6.10 Å². The summed E-state index contributed by atoms with van der Waals surface area (Å²) in [6.07, 6.45) is 19.6. The average Bonchev–Trinajstić information content (AvgIpc) is 2.98. The van der Waals surface area contributed by atoms with Crippen molar-refractivity contribution in [3.05, 3.63) is 34.9 Å². The first-order chi connectivity index (χ1) is 13.3. The SMILES string of the molecule is CC(C)CCC[C@@H](C)[C@H]1CC=C2/C(=C\C=C3/[C@H](C)CCC[C@H]3O)CCC[C@@]21C. The van der Waals surface area contributed by atoms with Crippen LogP contribution in [0.4, 0.5) is 0 Å². The van der Waals surface area contributed by atoms with E-state index in [0.29, 0.717) is 11.3 Å². The van der Waals surface area contributed by atoms with Crippen molar-refractivity contribution in [3.8, 4) is 0 Å². The van der Waals surface area contributed by atoms with Crippen LogP contribution in [0.15, 0.2) is 34.9 Å². The molecule has 3 aliphatic carbocycles. The van der Waals surface area contributed by atoms with Crippen molar-refractivity contribution in [2.45, 2.75) is 105 Å². The Morgan fingerprint density at radius 1 is 1.14 bits per heavy atom. The highest BCUT2D eigenvalue weighted by atomic mass is 16.3. The molecule has 2 fully saturated rings. The molecule has 3 rings (SSSR count). The molecule has 0 unspecified atom stereocenters. The second-order valence-corrected chi connectivity index (χ2v) is 10.7. The van der Waals surface area contributed by atoms with Gasteiger partial charge in [0.25, 0.3) is 0 Å². The van der Waals surface area contributed by atoms with Crippen molar-refractivity contribution in [1.82, 2.24) is 0 Å². The monoisotopic (exact) mass is 384 g/mol. The Hall–Kier alpha value is -0.820. The van der Waals surface area contributed by atoms with E-state index in [0.717, 1.165) is 30.6 Å². The smallest absolute Gasteiger partial charge is 0.0755 e. The van der Waals surface area contributed by atoms with E-state index < -0.39 is 0 Å². The molecule has 0 aliphatic heterocycles. The Balaban J connectivity index is 1.72. The van der Waals surface area contributed by atoms with Gasteiger partial charge in [-0.05, 0) is 90.8 Å². The third kappa shape index (κ3) is 4.66. The lowest BCUT2D eigenvalue weighted by atomic mass is 9.62. The maximum Gasteiger partial charge on any atom is 0.0755 e. The van der Waals surface area contributed by atoms with Crippen LogP contribution in [0, 0.1) is 29.1 Å². The molecule has 0 radical (unpaired) electrons. The third-order valence-electron chi connectivity index (χ3n) is 8.17. The molecule has 2 saturated carbocycles. The minimum Gasteiger partial charge on any atom is -0.389 e. The van der Waals surface area contributed by atoms with Gasteiger partial charge < -0.3 is 5.11 Å². The van der Waals surface area contributed by atoms with Crippen LogP contribution in [0.25, 0.3) is 0 Å². The van der Waals surface area contributed by atoms with Gasteiger partial charge in [0.15, 0.2) is 0 Å². The summed E-state index contributed by atoms with van der Waals surface area (Å²) >= 11 is 0. The normalized spacial score (nSPS) is 37.4. The summed E-state index contributed by atoms with van der Waals surface area (Å²) in [4.78, 5) is 0. The topological polar surface area (TPSA) is 20.2 Å². The zero-order valence-electron chi connectivity index (χ0n) is 19.1. The molecule has 0 heterocycles. The lowest BCUT2D eigenvalue weighted by Crippen LogP contribution is -2.33. The van der Waals surface area contributed by atoms with Gasteiger partial charge in [0.2, 0.25) is 0 Å². The maximum absolute atomic E-state index is 10.4. The molecule has 0 aromatic heterocycles. The third-order valence-corrected chi connectivity index (χ3v) is 8.17. The standard InChI is InChI=1S/C27H44O/c1-19(2)9-6-11-21(4)24-16-17-25-22(12-8-18-27(24,25)5)14-15-23-20(3)10-7-13-26(23)28/h14-15,17,19-21,24,26,28H,6-13,16,18H2,1-5H3/b22-14-,23-15+/t20-,21-,24-,26-,27-/m1/s1. The Kier molecular flexibility index (Phi) is 7.29. The number of hydrogen-bond donors (Lipinski definition) is 1. The van der Waals surface area contributed by atoms with Gasteiger partial charge in [0, 0.05) is 0 Å². The minimum absolute atomic E-state index is 0.221. The first-order valence-corrected chi connectivity index (χ1v) is 12.1. The van der Waals surface area contributed by atoms with E-state index in [2.05, 4.69) is 52.8 Å². The Bertz CT molecular complexity index is 610. The molecule has 158 valence electrons. The second kappa shape index (κ2) is 9.33. The summed E-state index contributed by atoms with van der Waals surface area (Å²) in [5.41, 5.74) is 4.84. The van der Waals surface area contributed by atoms with E-state index >= 15 is 0 Å². The zero-order valence-corrected chi connectivity index (χ0v) is 19.1. The van der Waals surface area contributed by atoms with Crippen LogP contribution in [-0.4, -0.2) is 11.2 Å². The summed E-state index contributed by atoms with van der Waals surface area (Å²) in [6.45, 7) is 12.0. The van der Waals surface area contributed by atoms with Crippen LogP contribution in [0.2, 0.25) is 0 Å². The molecule has 3 aliphatic rings. The average molecular weight is 385 g/mol. The lowest BCUT2D eigenvalue weighted by molar-refractivity contribution is 0.155. The molecule has 1 nitrogen and oxygen atoms in total. The van der Waals surface area contributed by atoms with Gasteiger partial charge in [-0.25, -0.2) is 0 Å². The number of fused-ring (bicyclic) bond motifs is 1. The quantitative estimate of drug-likeness (QED) is 0.499. The summed E-state index contributed by atoms with van der Waals surface area (Å²) in [6, 6.07) is 0. The number of aliphatic hydroxyl groups is 1. The highest BCUT2D eigenvalue weighted by molar-refractivity contribution is 5.44. The van der Waals surface area contributed by atoms with Gasteiger partial charge in [-0.1, -0.05) is 72.1 Å². The molecule has 0 spiro atoms. The largest absolute Gasteiger partial charge is 0.389 e. The Labute approximate surface area is 174 Å². The summed E-state index contributed by atoms with van der Waals surface area (Å²) < 4.78 is 0. The van der Waals surface area contributed by atoms with Gasteiger partial charge in [0.1, 0.15) is 0 Å². The molecule has 0 aromatic carbocycles. The number of allylic oxidation sites excluding steroid dienone is 5. The summed E-state index contributed by atoms with van der Waals surface area (Å²) in [5, 5.41) is 10.4. The molecular weight excluding hydrogens is 340 g/mol. The zero-order chi connectivity index (χ0) is 20.3. The van der Waals surface area contributed by atoms with Crippen LogP contribution in [0.5, 0.6) is 0 Å². The maximum atomic E-state index is 10.4. The number of hydrogen-bond acceptors (Lipinski definition) is 1. The van der Waals surface area contributed by atoms with Crippen LogP contribution in [0.3, 0.4) is 0 Å².